The van der Waals surface area contributed by atoms with Crippen LogP contribution in [-0.2, 0) is 0 Å². The zero-order chi connectivity index (χ0) is 20.8. The number of carbonyl (C=O) groups excluding carboxylic acids is 2. The first-order valence-corrected chi connectivity index (χ1v) is 9.82. The predicted octanol–water partition coefficient (Wildman–Crippen LogP) is 3.64. The number of urea groups is 1. The van der Waals surface area contributed by atoms with Gasteiger partial charge in [0.2, 0.25) is 5.88 Å². The van der Waals surface area contributed by atoms with Crippen molar-refractivity contribution in [2.24, 2.45) is 5.92 Å². The number of anilines is 1. The molecule has 0 spiro atoms. The number of rotatable bonds is 6. The fraction of sp³-hybridized carbons (Fsp3) is 0.409. The lowest BCUT2D eigenvalue weighted by molar-refractivity contribution is 0.0856. The molecule has 0 aliphatic carbocycles. The molecule has 0 radical (unpaired) electrons. The number of carbonyl (C=O) groups is 2. The average Bonchev–Trinajstić information content (AvgIpc) is 2.79. The van der Waals surface area contributed by atoms with Crippen molar-refractivity contribution >= 4 is 17.5 Å². The monoisotopic (exact) mass is 397 g/mol. The highest BCUT2D eigenvalue weighted by molar-refractivity contribution is 5.98. The van der Waals surface area contributed by atoms with E-state index in [0.717, 1.165) is 11.4 Å². The van der Waals surface area contributed by atoms with Crippen molar-refractivity contribution in [1.29, 1.82) is 0 Å². The molecule has 3 rings (SSSR count). The number of benzene rings is 1. The molecule has 7 heteroatoms. The number of hydrogen-bond donors (Lipinski definition) is 0. The summed E-state index contributed by atoms with van der Waals surface area (Å²) >= 11 is 0. The molecular weight excluding hydrogens is 370 g/mol. The minimum Gasteiger partial charge on any atom is -0.497 e. The number of ketones is 1. The van der Waals surface area contributed by atoms with Crippen molar-refractivity contribution in [1.82, 2.24) is 9.88 Å². The summed E-state index contributed by atoms with van der Waals surface area (Å²) in [6.45, 7) is 3.65. The molecular formula is C22H27N3O4. The van der Waals surface area contributed by atoms with Crippen LogP contribution in [0.5, 0.6) is 11.6 Å². The van der Waals surface area contributed by atoms with E-state index in [1.807, 2.05) is 36.1 Å². The van der Waals surface area contributed by atoms with Crippen molar-refractivity contribution in [3.63, 3.8) is 0 Å². The molecule has 2 aromatic rings. The summed E-state index contributed by atoms with van der Waals surface area (Å²) in [6, 6.07) is 10.9. The van der Waals surface area contributed by atoms with Gasteiger partial charge < -0.3 is 14.4 Å². The number of methoxy groups -OCH3 is 2. The molecule has 0 N–H and O–H groups in total. The first-order valence-electron chi connectivity index (χ1n) is 9.82. The van der Waals surface area contributed by atoms with E-state index in [1.54, 1.807) is 37.4 Å². The number of piperidine rings is 1. The van der Waals surface area contributed by atoms with Gasteiger partial charge in [-0.25, -0.2) is 9.78 Å². The molecule has 0 atom stereocenters. The lowest BCUT2D eigenvalue weighted by atomic mass is 9.89. The Labute approximate surface area is 171 Å². The standard InChI is InChI=1S/C22H27N3O4/c1-4-25(18-6-8-19(28-2)9-7-18)22(27)24-13-11-16(12-14-24)21(26)17-5-10-20(29-3)23-15-17/h5-10,15-16H,4,11-14H2,1-3H3. The highest BCUT2D eigenvalue weighted by atomic mass is 16.5. The predicted molar refractivity (Wildman–Crippen MR) is 111 cm³/mol. The van der Waals surface area contributed by atoms with Gasteiger partial charge in [0.25, 0.3) is 0 Å². The normalized spacial score (nSPS) is 14.4. The number of pyridine rings is 1. The largest absolute Gasteiger partial charge is 0.497 e. The van der Waals surface area contributed by atoms with E-state index >= 15 is 0 Å². The van der Waals surface area contributed by atoms with E-state index < -0.39 is 0 Å². The second kappa shape index (κ2) is 9.41. The summed E-state index contributed by atoms with van der Waals surface area (Å²) in [5.41, 5.74) is 1.42. The summed E-state index contributed by atoms with van der Waals surface area (Å²) in [5, 5.41) is 0. The molecule has 29 heavy (non-hydrogen) atoms. The summed E-state index contributed by atoms with van der Waals surface area (Å²) in [5.74, 6) is 1.23. The van der Waals surface area contributed by atoms with Crippen molar-refractivity contribution in [3.8, 4) is 11.6 Å². The van der Waals surface area contributed by atoms with Gasteiger partial charge in [0.05, 0.1) is 14.2 Å². The van der Waals surface area contributed by atoms with Crippen LogP contribution in [0, 0.1) is 5.92 Å². The molecule has 2 amide bonds. The second-order valence-electron chi connectivity index (χ2n) is 6.94. The van der Waals surface area contributed by atoms with Gasteiger partial charge in [0.1, 0.15) is 5.75 Å². The van der Waals surface area contributed by atoms with E-state index in [9.17, 15) is 9.59 Å². The number of likely N-dealkylation sites (tertiary alicyclic amines) is 1. The molecule has 0 unspecified atom stereocenters. The Morgan fingerprint density at radius 2 is 1.76 bits per heavy atom. The number of hydrogen-bond acceptors (Lipinski definition) is 5. The molecule has 7 nitrogen and oxygen atoms in total. The Hall–Kier alpha value is -3.09. The van der Waals surface area contributed by atoms with Crippen LogP contribution in [0.15, 0.2) is 42.6 Å². The Kier molecular flexibility index (Phi) is 6.69. The number of amides is 2. The first-order chi connectivity index (χ1) is 14.1. The van der Waals surface area contributed by atoms with Gasteiger partial charge in [-0.2, -0.15) is 0 Å². The summed E-state index contributed by atoms with van der Waals surface area (Å²) < 4.78 is 10.2. The zero-order valence-corrected chi connectivity index (χ0v) is 17.1. The van der Waals surface area contributed by atoms with Gasteiger partial charge in [-0.05, 0) is 50.1 Å². The summed E-state index contributed by atoms with van der Waals surface area (Å²) in [4.78, 5) is 33.4. The maximum Gasteiger partial charge on any atom is 0.324 e. The number of nitrogens with zero attached hydrogens (tertiary/aromatic N) is 3. The molecule has 154 valence electrons. The molecule has 1 aliphatic heterocycles. The molecule has 1 saturated heterocycles. The second-order valence-corrected chi connectivity index (χ2v) is 6.94. The van der Waals surface area contributed by atoms with Crippen LogP contribution >= 0.6 is 0 Å². The Morgan fingerprint density at radius 3 is 2.28 bits per heavy atom. The van der Waals surface area contributed by atoms with Crippen molar-refractivity contribution in [2.75, 3.05) is 38.8 Å². The number of aromatic nitrogens is 1. The summed E-state index contributed by atoms with van der Waals surface area (Å²) in [6.07, 6.45) is 2.86. The fourth-order valence-corrected chi connectivity index (χ4v) is 3.58. The van der Waals surface area contributed by atoms with Crippen molar-refractivity contribution in [3.05, 3.63) is 48.2 Å². The quantitative estimate of drug-likeness (QED) is 0.696. The van der Waals surface area contributed by atoms with Crippen LogP contribution in [0.4, 0.5) is 10.5 Å². The molecule has 1 aromatic carbocycles. The fourth-order valence-electron chi connectivity index (χ4n) is 3.58. The van der Waals surface area contributed by atoms with Gasteiger partial charge in [0.15, 0.2) is 5.78 Å². The highest BCUT2D eigenvalue weighted by Gasteiger charge is 2.30. The smallest absolute Gasteiger partial charge is 0.324 e. The van der Waals surface area contributed by atoms with Gasteiger partial charge in [0, 0.05) is 49.1 Å². The zero-order valence-electron chi connectivity index (χ0n) is 17.1. The molecule has 1 aromatic heterocycles. The van der Waals surface area contributed by atoms with Crippen LogP contribution in [0.3, 0.4) is 0 Å². The third kappa shape index (κ3) is 4.67. The van der Waals surface area contributed by atoms with E-state index in [1.165, 1.54) is 0 Å². The minimum atomic E-state index is -0.0923. The Balaban J connectivity index is 1.60. The van der Waals surface area contributed by atoms with Crippen molar-refractivity contribution < 1.29 is 19.1 Å². The third-order valence-electron chi connectivity index (χ3n) is 5.30. The first kappa shape index (κ1) is 20.6. The maximum atomic E-state index is 13.0. The maximum absolute atomic E-state index is 13.0. The lowest BCUT2D eigenvalue weighted by Crippen LogP contribution is -2.47. The van der Waals surface area contributed by atoms with Crippen LogP contribution < -0.4 is 14.4 Å². The van der Waals surface area contributed by atoms with Crippen LogP contribution in [0.2, 0.25) is 0 Å². The molecule has 0 saturated carbocycles. The lowest BCUT2D eigenvalue weighted by Gasteiger charge is -2.35. The average molecular weight is 397 g/mol. The Bertz CT molecular complexity index is 828. The van der Waals surface area contributed by atoms with Crippen LogP contribution in [0.25, 0.3) is 0 Å². The third-order valence-corrected chi connectivity index (χ3v) is 5.30. The minimum absolute atomic E-state index is 0.0327. The van der Waals surface area contributed by atoms with Crippen molar-refractivity contribution in [2.45, 2.75) is 19.8 Å². The van der Waals surface area contributed by atoms with Gasteiger partial charge in [-0.1, -0.05) is 0 Å². The molecule has 0 bridgehead atoms. The molecule has 1 aliphatic rings. The topological polar surface area (TPSA) is 72.0 Å². The molecule has 1 fully saturated rings. The Morgan fingerprint density at radius 1 is 1.07 bits per heavy atom. The highest BCUT2D eigenvalue weighted by Crippen LogP contribution is 2.25. The SMILES string of the molecule is CCN(C(=O)N1CCC(C(=O)c2ccc(OC)nc2)CC1)c1ccc(OC)cc1. The number of ether oxygens (including phenoxy) is 2. The van der Waals surface area contributed by atoms with E-state index in [2.05, 4.69) is 4.98 Å². The van der Waals surface area contributed by atoms with E-state index in [4.69, 9.17) is 9.47 Å². The van der Waals surface area contributed by atoms with Crippen LogP contribution in [-0.4, -0.2) is 55.6 Å². The van der Waals surface area contributed by atoms with Gasteiger partial charge in [-0.3, -0.25) is 9.69 Å². The van der Waals surface area contributed by atoms with Gasteiger partial charge in [-0.15, -0.1) is 0 Å². The van der Waals surface area contributed by atoms with E-state index in [-0.39, 0.29) is 17.7 Å². The number of Topliss-reactive ketones (excluding diaryl/α,β-unsaturated/α-hetero) is 1. The van der Waals surface area contributed by atoms with E-state index in [0.29, 0.717) is 43.9 Å². The summed E-state index contributed by atoms with van der Waals surface area (Å²) in [7, 11) is 3.16. The van der Waals surface area contributed by atoms with Gasteiger partial charge >= 0.3 is 6.03 Å². The van der Waals surface area contributed by atoms with Crippen LogP contribution in [0.1, 0.15) is 30.1 Å². The molecule has 2 heterocycles.